The van der Waals surface area contributed by atoms with E-state index in [4.69, 9.17) is 16.3 Å². The molecule has 1 saturated carbocycles. The lowest BCUT2D eigenvalue weighted by Crippen LogP contribution is -2.33. The minimum absolute atomic E-state index is 0.162. The monoisotopic (exact) mass is 253 g/mol. The number of hydrogen-bond acceptors (Lipinski definition) is 3. The lowest BCUT2D eigenvalue weighted by atomic mass is 10.1. The highest BCUT2D eigenvalue weighted by Gasteiger charge is 2.37. The minimum Gasteiger partial charge on any atom is -0.464 e. The Labute approximate surface area is 106 Å². The topological polar surface area (TPSA) is 38.3 Å². The quantitative estimate of drug-likeness (QED) is 0.820. The van der Waals surface area contributed by atoms with Gasteiger partial charge in [0.2, 0.25) is 0 Å². The largest absolute Gasteiger partial charge is 0.464 e. The van der Waals surface area contributed by atoms with E-state index in [9.17, 15) is 4.79 Å². The number of ether oxygens (including phenoxy) is 1. The number of hydrogen-bond donors (Lipinski definition) is 1. The zero-order valence-corrected chi connectivity index (χ0v) is 10.5. The fourth-order valence-electron chi connectivity index (χ4n) is 1.76. The van der Waals surface area contributed by atoms with Crippen molar-refractivity contribution in [3.63, 3.8) is 0 Å². The average Bonchev–Trinajstić information content (AvgIpc) is 3.12. The van der Waals surface area contributed by atoms with Gasteiger partial charge in [-0.15, -0.1) is 0 Å². The molecule has 1 aliphatic carbocycles. The summed E-state index contributed by atoms with van der Waals surface area (Å²) in [4.78, 5) is 11.8. The van der Waals surface area contributed by atoms with Crippen LogP contribution in [0.5, 0.6) is 0 Å². The van der Waals surface area contributed by atoms with E-state index in [0.717, 1.165) is 18.5 Å². The summed E-state index contributed by atoms with van der Waals surface area (Å²) in [7, 11) is 0. The van der Waals surface area contributed by atoms with Crippen LogP contribution in [0, 0.1) is 5.92 Å². The SMILES string of the molecule is CCOC(=O)C(Nc1ccc(Cl)cc1)C1CC1. The predicted molar refractivity (Wildman–Crippen MR) is 68.2 cm³/mol. The molecule has 0 aliphatic heterocycles. The second-order valence-electron chi connectivity index (χ2n) is 4.22. The number of rotatable bonds is 5. The molecule has 1 aromatic carbocycles. The molecule has 4 heteroatoms. The van der Waals surface area contributed by atoms with Gasteiger partial charge in [-0.2, -0.15) is 0 Å². The first-order valence-electron chi connectivity index (χ1n) is 5.89. The Balaban J connectivity index is 2.02. The number of esters is 1. The van der Waals surface area contributed by atoms with Crippen molar-refractivity contribution in [2.45, 2.75) is 25.8 Å². The van der Waals surface area contributed by atoms with E-state index in [1.165, 1.54) is 0 Å². The van der Waals surface area contributed by atoms with Gasteiger partial charge >= 0.3 is 5.97 Å². The molecule has 1 fully saturated rings. The van der Waals surface area contributed by atoms with Crippen LogP contribution in [0.4, 0.5) is 5.69 Å². The summed E-state index contributed by atoms with van der Waals surface area (Å²) in [6.45, 7) is 2.24. The molecule has 1 aliphatic rings. The van der Waals surface area contributed by atoms with Crippen molar-refractivity contribution in [2.75, 3.05) is 11.9 Å². The van der Waals surface area contributed by atoms with E-state index in [2.05, 4.69) is 5.32 Å². The summed E-state index contributed by atoms with van der Waals surface area (Å²) < 4.78 is 5.07. The summed E-state index contributed by atoms with van der Waals surface area (Å²) in [5.74, 6) is 0.245. The van der Waals surface area contributed by atoms with Gasteiger partial charge in [-0.1, -0.05) is 11.6 Å². The van der Waals surface area contributed by atoms with Gasteiger partial charge in [0.1, 0.15) is 6.04 Å². The zero-order valence-electron chi connectivity index (χ0n) is 9.78. The van der Waals surface area contributed by atoms with Crippen molar-refractivity contribution in [1.82, 2.24) is 0 Å². The average molecular weight is 254 g/mol. The Morgan fingerprint density at radius 1 is 1.47 bits per heavy atom. The third-order valence-electron chi connectivity index (χ3n) is 2.80. The van der Waals surface area contributed by atoms with E-state index < -0.39 is 0 Å². The van der Waals surface area contributed by atoms with Gasteiger partial charge in [0, 0.05) is 10.7 Å². The van der Waals surface area contributed by atoms with Crippen LogP contribution in [0.2, 0.25) is 5.02 Å². The van der Waals surface area contributed by atoms with Crippen LogP contribution in [0.25, 0.3) is 0 Å². The molecule has 1 N–H and O–H groups in total. The molecule has 1 aromatic rings. The Morgan fingerprint density at radius 3 is 2.65 bits per heavy atom. The maximum atomic E-state index is 11.8. The molecule has 17 heavy (non-hydrogen) atoms. The molecule has 3 nitrogen and oxygen atoms in total. The highest BCUT2D eigenvalue weighted by molar-refractivity contribution is 6.30. The summed E-state index contributed by atoms with van der Waals surface area (Å²) in [6, 6.07) is 7.13. The van der Waals surface area contributed by atoms with Gasteiger partial charge in [-0.25, -0.2) is 4.79 Å². The third kappa shape index (κ3) is 3.37. The maximum absolute atomic E-state index is 11.8. The van der Waals surface area contributed by atoms with Gasteiger partial charge in [-0.3, -0.25) is 0 Å². The number of halogens is 1. The molecule has 0 aromatic heterocycles. The van der Waals surface area contributed by atoms with E-state index in [1.54, 1.807) is 12.1 Å². The first-order valence-corrected chi connectivity index (χ1v) is 6.27. The summed E-state index contributed by atoms with van der Waals surface area (Å²) >= 11 is 5.82. The Bertz CT molecular complexity index is 387. The molecule has 92 valence electrons. The number of carbonyl (C=O) groups excluding carboxylic acids is 1. The van der Waals surface area contributed by atoms with Crippen LogP contribution >= 0.6 is 11.6 Å². The maximum Gasteiger partial charge on any atom is 0.328 e. The molecule has 0 radical (unpaired) electrons. The van der Waals surface area contributed by atoms with Crippen molar-refractivity contribution >= 4 is 23.3 Å². The zero-order chi connectivity index (χ0) is 12.3. The van der Waals surface area contributed by atoms with E-state index >= 15 is 0 Å². The lowest BCUT2D eigenvalue weighted by Gasteiger charge is -2.17. The minimum atomic E-state index is -0.226. The van der Waals surface area contributed by atoms with Gasteiger partial charge in [0.05, 0.1) is 6.61 Å². The molecule has 0 saturated heterocycles. The molecule has 1 atom stereocenters. The highest BCUT2D eigenvalue weighted by Crippen LogP contribution is 2.35. The smallest absolute Gasteiger partial charge is 0.328 e. The second kappa shape index (κ2) is 5.41. The van der Waals surface area contributed by atoms with E-state index in [-0.39, 0.29) is 12.0 Å². The fraction of sp³-hybridized carbons (Fsp3) is 0.462. The van der Waals surface area contributed by atoms with Crippen LogP contribution in [-0.4, -0.2) is 18.6 Å². The van der Waals surface area contributed by atoms with Gasteiger partial charge in [0.25, 0.3) is 0 Å². The van der Waals surface area contributed by atoms with Crippen molar-refractivity contribution in [1.29, 1.82) is 0 Å². The van der Waals surface area contributed by atoms with Gasteiger partial charge < -0.3 is 10.1 Å². The molecule has 2 rings (SSSR count). The van der Waals surface area contributed by atoms with Crippen molar-refractivity contribution < 1.29 is 9.53 Å². The summed E-state index contributed by atoms with van der Waals surface area (Å²) in [6.07, 6.45) is 2.17. The van der Waals surface area contributed by atoms with E-state index in [0.29, 0.717) is 17.5 Å². The number of anilines is 1. The normalized spacial score (nSPS) is 16.4. The van der Waals surface area contributed by atoms with Crippen LogP contribution in [0.3, 0.4) is 0 Å². The van der Waals surface area contributed by atoms with Gasteiger partial charge in [-0.05, 0) is 49.9 Å². The predicted octanol–water partition coefficient (Wildman–Crippen LogP) is 3.09. The molecule has 0 amide bonds. The Morgan fingerprint density at radius 2 is 2.12 bits per heavy atom. The number of nitrogens with one attached hydrogen (secondary N) is 1. The number of benzene rings is 1. The Hall–Kier alpha value is -1.22. The fourth-order valence-corrected chi connectivity index (χ4v) is 1.88. The van der Waals surface area contributed by atoms with Crippen LogP contribution in [-0.2, 0) is 9.53 Å². The molecule has 1 unspecified atom stereocenters. The highest BCUT2D eigenvalue weighted by atomic mass is 35.5. The van der Waals surface area contributed by atoms with Crippen LogP contribution in [0.1, 0.15) is 19.8 Å². The van der Waals surface area contributed by atoms with Crippen molar-refractivity contribution in [2.24, 2.45) is 5.92 Å². The van der Waals surface area contributed by atoms with Gasteiger partial charge in [0.15, 0.2) is 0 Å². The molecular weight excluding hydrogens is 238 g/mol. The molecular formula is C13H16ClNO2. The first-order chi connectivity index (χ1) is 8.20. The summed E-state index contributed by atoms with van der Waals surface area (Å²) in [5.41, 5.74) is 0.902. The van der Waals surface area contributed by atoms with E-state index in [1.807, 2.05) is 19.1 Å². The summed E-state index contributed by atoms with van der Waals surface area (Å²) in [5, 5.41) is 3.91. The van der Waals surface area contributed by atoms with Crippen molar-refractivity contribution in [3.8, 4) is 0 Å². The first kappa shape index (κ1) is 12.2. The van der Waals surface area contributed by atoms with Crippen molar-refractivity contribution in [3.05, 3.63) is 29.3 Å². The molecule has 0 heterocycles. The molecule has 0 spiro atoms. The molecule has 0 bridgehead atoms. The van der Waals surface area contributed by atoms with Crippen LogP contribution < -0.4 is 5.32 Å². The Kier molecular flexibility index (Phi) is 3.89. The number of carbonyl (C=O) groups is 1. The van der Waals surface area contributed by atoms with Crippen LogP contribution in [0.15, 0.2) is 24.3 Å². The standard InChI is InChI=1S/C13H16ClNO2/c1-2-17-13(16)12(9-3-4-9)15-11-7-5-10(14)6-8-11/h5-9,12,15H,2-4H2,1H3. The lowest BCUT2D eigenvalue weighted by molar-refractivity contribution is -0.144. The third-order valence-corrected chi connectivity index (χ3v) is 3.05. The second-order valence-corrected chi connectivity index (χ2v) is 4.65.